The fraction of sp³-hybridized carbons (Fsp3) is 0.889. The Morgan fingerprint density at radius 1 is 1.77 bits per heavy atom. The van der Waals surface area contributed by atoms with Crippen molar-refractivity contribution in [3.63, 3.8) is 0 Å². The van der Waals surface area contributed by atoms with Gasteiger partial charge >= 0.3 is 0 Å². The summed E-state index contributed by atoms with van der Waals surface area (Å²) in [6.07, 6.45) is 2.45. The average Bonchev–Trinajstić information content (AvgIpc) is 2.55. The van der Waals surface area contributed by atoms with E-state index < -0.39 is 0 Å². The lowest BCUT2D eigenvalue weighted by Crippen LogP contribution is -2.36. The maximum atomic E-state index is 11.3. The van der Waals surface area contributed by atoms with Gasteiger partial charge in [0.2, 0.25) is 5.91 Å². The smallest absolute Gasteiger partial charge is 0.249 e. The van der Waals surface area contributed by atoms with Gasteiger partial charge in [-0.25, -0.2) is 0 Å². The number of nitrogens with two attached hydrogens (primary N) is 1. The lowest BCUT2D eigenvalue weighted by Gasteiger charge is -2.11. The number of hydrogen-bond donors (Lipinski definition) is 2. The molecule has 0 aliphatic carbocycles. The molecule has 2 unspecified atom stereocenters. The highest BCUT2D eigenvalue weighted by atomic mass is 16.5. The molecule has 2 atom stereocenters. The Kier molecular flexibility index (Phi) is 4.18. The SMILES string of the molecule is CC(N)CCNC(=O)C1CCCO1. The van der Waals surface area contributed by atoms with Crippen molar-refractivity contribution < 1.29 is 9.53 Å². The van der Waals surface area contributed by atoms with Crippen LogP contribution < -0.4 is 11.1 Å². The third kappa shape index (κ3) is 3.74. The Morgan fingerprint density at radius 2 is 2.54 bits per heavy atom. The van der Waals surface area contributed by atoms with E-state index in [1.54, 1.807) is 0 Å². The molecule has 3 N–H and O–H groups in total. The molecule has 1 rings (SSSR count). The molecule has 4 heteroatoms. The lowest BCUT2D eigenvalue weighted by molar-refractivity contribution is -0.130. The molecule has 0 saturated carbocycles. The maximum Gasteiger partial charge on any atom is 0.249 e. The second-order valence-electron chi connectivity index (χ2n) is 3.56. The fourth-order valence-electron chi connectivity index (χ4n) is 1.32. The van der Waals surface area contributed by atoms with Crippen LogP contribution in [-0.2, 0) is 9.53 Å². The summed E-state index contributed by atoms with van der Waals surface area (Å²) in [5.74, 6) is 0.0122. The summed E-state index contributed by atoms with van der Waals surface area (Å²) in [7, 11) is 0. The molecular formula is C9H18N2O2. The maximum absolute atomic E-state index is 11.3. The van der Waals surface area contributed by atoms with Crippen LogP contribution >= 0.6 is 0 Å². The summed E-state index contributed by atoms with van der Waals surface area (Å²) >= 11 is 0. The zero-order valence-electron chi connectivity index (χ0n) is 8.08. The molecule has 1 aliphatic heterocycles. The van der Waals surface area contributed by atoms with Crippen molar-refractivity contribution in [3.05, 3.63) is 0 Å². The molecule has 13 heavy (non-hydrogen) atoms. The van der Waals surface area contributed by atoms with Crippen LogP contribution in [0.2, 0.25) is 0 Å². The molecule has 1 heterocycles. The topological polar surface area (TPSA) is 64.3 Å². The molecule has 76 valence electrons. The van der Waals surface area contributed by atoms with Gasteiger partial charge < -0.3 is 15.8 Å². The zero-order chi connectivity index (χ0) is 9.68. The molecule has 1 amide bonds. The number of carbonyl (C=O) groups is 1. The second kappa shape index (κ2) is 5.19. The number of nitrogens with one attached hydrogen (secondary N) is 1. The highest BCUT2D eigenvalue weighted by molar-refractivity contribution is 5.80. The Balaban J connectivity index is 2.10. The molecule has 0 aromatic carbocycles. The molecule has 1 saturated heterocycles. The first kappa shape index (κ1) is 10.5. The fourth-order valence-corrected chi connectivity index (χ4v) is 1.32. The van der Waals surface area contributed by atoms with Crippen LogP contribution in [0.3, 0.4) is 0 Å². The summed E-state index contributed by atoms with van der Waals surface area (Å²) in [6.45, 7) is 3.29. The van der Waals surface area contributed by atoms with E-state index in [-0.39, 0.29) is 18.1 Å². The molecule has 4 nitrogen and oxygen atoms in total. The molecule has 1 aliphatic rings. The minimum absolute atomic E-state index is 0.0122. The molecule has 0 bridgehead atoms. The van der Waals surface area contributed by atoms with Crippen LogP contribution in [0.25, 0.3) is 0 Å². The third-order valence-corrected chi connectivity index (χ3v) is 2.12. The van der Waals surface area contributed by atoms with Crippen LogP contribution in [0.15, 0.2) is 0 Å². The highest BCUT2D eigenvalue weighted by Crippen LogP contribution is 2.11. The van der Waals surface area contributed by atoms with Gasteiger partial charge in [0, 0.05) is 19.2 Å². The largest absolute Gasteiger partial charge is 0.368 e. The number of hydrogen-bond acceptors (Lipinski definition) is 3. The lowest BCUT2D eigenvalue weighted by atomic mass is 10.2. The normalized spacial score (nSPS) is 24.3. The van der Waals surface area contributed by atoms with Crippen molar-refractivity contribution in [1.82, 2.24) is 5.32 Å². The first-order valence-electron chi connectivity index (χ1n) is 4.85. The summed E-state index contributed by atoms with van der Waals surface area (Å²) < 4.78 is 5.23. The van der Waals surface area contributed by atoms with E-state index in [9.17, 15) is 4.79 Å². The Morgan fingerprint density at radius 3 is 3.08 bits per heavy atom. The first-order chi connectivity index (χ1) is 6.20. The van der Waals surface area contributed by atoms with E-state index in [1.165, 1.54) is 0 Å². The van der Waals surface area contributed by atoms with E-state index in [0.717, 1.165) is 19.3 Å². The first-order valence-corrected chi connectivity index (χ1v) is 4.85. The summed E-state index contributed by atoms with van der Waals surface area (Å²) in [4.78, 5) is 11.3. The number of rotatable bonds is 4. The predicted octanol–water partition coefficient (Wildman–Crippen LogP) is 0.0189. The van der Waals surface area contributed by atoms with Gasteiger partial charge in [0.1, 0.15) is 6.10 Å². The molecule has 1 fully saturated rings. The standard InChI is InChI=1S/C9H18N2O2/c1-7(10)4-5-11-9(12)8-3-2-6-13-8/h7-8H,2-6,10H2,1H3,(H,11,12). The molecule has 0 aromatic heterocycles. The Hall–Kier alpha value is -0.610. The predicted molar refractivity (Wildman–Crippen MR) is 50.3 cm³/mol. The van der Waals surface area contributed by atoms with Crippen LogP contribution in [0, 0.1) is 0 Å². The van der Waals surface area contributed by atoms with Crippen molar-refractivity contribution in [2.45, 2.75) is 38.3 Å². The van der Waals surface area contributed by atoms with Gasteiger partial charge in [0.05, 0.1) is 0 Å². The monoisotopic (exact) mass is 186 g/mol. The summed E-state index contributed by atoms with van der Waals surface area (Å²) in [5.41, 5.74) is 5.55. The van der Waals surface area contributed by atoms with Crippen LogP contribution in [0.1, 0.15) is 26.2 Å². The minimum Gasteiger partial charge on any atom is -0.368 e. The minimum atomic E-state index is -0.215. The van der Waals surface area contributed by atoms with Crippen molar-refractivity contribution in [1.29, 1.82) is 0 Å². The van der Waals surface area contributed by atoms with Gasteiger partial charge in [-0.15, -0.1) is 0 Å². The highest BCUT2D eigenvalue weighted by Gasteiger charge is 2.22. The molecule has 0 spiro atoms. The zero-order valence-corrected chi connectivity index (χ0v) is 8.08. The van der Waals surface area contributed by atoms with Gasteiger partial charge in [-0.1, -0.05) is 0 Å². The number of amides is 1. The van der Waals surface area contributed by atoms with E-state index in [0.29, 0.717) is 13.2 Å². The van der Waals surface area contributed by atoms with Crippen LogP contribution in [0.5, 0.6) is 0 Å². The average molecular weight is 186 g/mol. The second-order valence-corrected chi connectivity index (χ2v) is 3.56. The van der Waals surface area contributed by atoms with Crippen molar-refractivity contribution >= 4 is 5.91 Å². The summed E-state index contributed by atoms with van der Waals surface area (Å²) in [5, 5.41) is 2.81. The van der Waals surface area contributed by atoms with Crippen molar-refractivity contribution in [2.75, 3.05) is 13.2 Å². The van der Waals surface area contributed by atoms with Gasteiger partial charge in [-0.05, 0) is 26.2 Å². The van der Waals surface area contributed by atoms with Gasteiger partial charge in [-0.3, -0.25) is 4.79 Å². The molecular weight excluding hydrogens is 168 g/mol. The van der Waals surface area contributed by atoms with Crippen molar-refractivity contribution in [2.24, 2.45) is 5.73 Å². The Bertz CT molecular complexity index is 165. The van der Waals surface area contributed by atoms with Crippen molar-refractivity contribution in [3.8, 4) is 0 Å². The Labute approximate surface area is 78.8 Å². The van der Waals surface area contributed by atoms with Crippen LogP contribution in [-0.4, -0.2) is 31.2 Å². The van der Waals surface area contributed by atoms with Gasteiger partial charge in [0.25, 0.3) is 0 Å². The number of ether oxygens (including phenoxy) is 1. The van der Waals surface area contributed by atoms with Gasteiger partial charge in [-0.2, -0.15) is 0 Å². The van der Waals surface area contributed by atoms with E-state index in [2.05, 4.69) is 5.32 Å². The molecule has 0 aromatic rings. The van der Waals surface area contributed by atoms with E-state index >= 15 is 0 Å². The van der Waals surface area contributed by atoms with E-state index in [4.69, 9.17) is 10.5 Å². The van der Waals surface area contributed by atoms with E-state index in [1.807, 2.05) is 6.92 Å². The van der Waals surface area contributed by atoms with Crippen LogP contribution in [0.4, 0.5) is 0 Å². The molecule has 0 radical (unpaired) electrons. The number of carbonyl (C=O) groups excluding carboxylic acids is 1. The summed E-state index contributed by atoms with van der Waals surface area (Å²) in [6, 6.07) is 0.143. The third-order valence-electron chi connectivity index (χ3n) is 2.12. The quantitative estimate of drug-likeness (QED) is 0.650. The van der Waals surface area contributed by atoms with Gasteiger partial charge in [0.15, 0.2) is 0 Å².